The Labute approximate surface area is 127 Å². The standard InChI is InChI=1S/C18H14N2S/c1-2-6-15-11-17(9-8-14(15)5-1)21-13-16-12-20-10-4-3-7-18(20)19-16/h1-12H,13H2. The minimum atomic E-state index is 0.889. The summed E-state index contributed by atoms with van der Waals surface area (Å²) < 4.78 is 2.07. The highest BCUT2D eigenvalue weighted by atomic mass is 32.2. The van der Waals surface area contributed by atoms with Crippen LogP contribution in [0.3, 0.4) is 0 Å². The van der Waals surface area contributed by atoms with Crippen molar-refractivity contribution >= 4 is 28.2 Å². The Kier molecular flexibility index (Phi) is 3.13. The number of aromatic nitrogens is 2. The van der Waals surface area contributed by atoms with Crippen LogP contribution in [0.5, 0.6) is 0 Å². The molecule has 2 nitrogen and oxygen atoms in total. The first-order valence-corrected chi connectivity index (χ1v) is 7.91. The van der Waals surface area contributed by atoms with Gasteiger partial charge in [-0.05, 0) is 35.0 Å². The summed E-state index contributed by atoms with van der Waals surface area (Å²) >= 11 is 1.83. The third-order valence-corrected chi connectivity index (χ3v) is 4.55. The second-order valence-corrected chi connectivity index (χ2v) is 6.04. The van der Waals surface area contributed by atoms with Crippen molar-refractivity contribution in [3.05, 3.63) is 78.8 Å². The number of benzene rings is 2. The van der Waals surface area contributed by atoms with Crippen LogP contribution in [0.2, 0.25) is 0 Å². The van der Waals surface area contributed by atoms with Crippen LogP contribution >= 0.6 is 11.8 Å². The molecule has 0 N–H and O–H groups in total. The SMILES string of the molecule is c1ccc2cc(SCc3cn4ccccc4n3)ccc2c1. The maximum atomic E-state index is 4.63. The van der Waals surface area contributed by atoms with Crippen molar-refractivity contribution in [3.8, 4) is 0 Å². The Hall–Kier alpha value is -2.26. The van der Waals surface area contributed by atoms with E-state index in [1.165, 1.54) is 15.7 Å². The molecule has 3 heteroatoms. The molecule has 4 rings (SSSR count). The maximum Gasteiger partial charge on any atom is 0.137 e. The highest BCUT2D eigenvalue weighted by Crippen LogP contribution is 2.26. The van der Waals surface area contributed by atoms with Gasteiger partial charge in [-0.1, -0.05) is 36.4 Å². The predicted molar refractivity (Wildman–Crippen MR) is 88.7 cm³/mol. The molecule has 0 aliphatic heterocycles. The van der Waals surface area contributed by atoms with Crippen LogP contribution in [0.25, 0.3) is 16.4 Å². The zero-order valence-corrected chi connectivity index (χ0v) is 12.3. The van der Waals surface area contributed by atoms with E-state index >= 15 is 0 Å². The van der Waals surface area contributed by atoms with Gasteiger partial charge in [0.1, 0.15) is 5.65 Å². The van der Waals surface area contributed by atoms with Crippen LogP contribution in [0.1, 0.15) is 5.69 Å². The quantitative estimate of drug-likeness (QED) is 0.505. The van der Waals surface area contributed by atoms with Gasteiger partial charge in [-0.2, -0.15) is 0 Å². The van der Waals surface area contributed by atoms with Crippen molar-refractivity contribution in [2.24, 2.45) is 0 Å². The second kappa shape index (κ2) is 5.26. The van der Waals surface area contributed by atoms with E-state index < -0.39 is 0 Å². The molecule has 0 radical (unpaired) electrons. The van der Waals surface area contributed by atoms with Crippen LogP contribution in [-0.2, 0) is 5.75 Å². The smallest absolute Gasteiger partial charge is 0.137 e. The van der Waals surface area contributed by atoms with Crippen molar-refractivity contribution in [1.29, 1.82) is 0 Å². The van der Waals surface area contributed by atoms with Crippen LogP contribution in [-0.4, -0.2) is 9.38 Å². The lowest BCUT2D eigenvalue weighted by molar-refractivity contribution is 1.18. The normalized spacial score (nSPS) is 11.2. The Morgan fingerprint density at radius 3 is 2.67 bits per heavy atom. The van der Waals surface area contributed by atoms with Gasteiger partial charge in [0.25, 0.3) is 0 Å². The zero-order chi connectivity index (χ0) is 14.1. The van der Waals surface area contributed by atoms with Crippen molar-refractivity contribution in [1.82, 2.24) is 9.38 Å². The minimum Gasteiger partial charge on any atom is -0.307 e. The van der Waals surface area contributed by atoms with Gasteiger partial charge in [-0.25, -0.2) is 4.98 Å². The van der Waals surface area contributed by atoms with E-state index in [9.17, 15) is 0 Å². The largest absolute Gasteiger partial charge is 0.307 e. The number of fused-ring (bicyclic) bond motifs is 2. The fraction of sp³-hybridized carbons (Fsp3) is 0.0556. The minimum absolute atomic E-state index is 0.889. The third kappa shape index (κ3) is 2.52. The van der Waals surface area contributed by atoms with Gasteiger partial charge in [0.15, 0.2) is 0 Å². The Bertz CT molecular complexity index is 878. The monoisotopic (exact) mass is 290 g/mol. The lowest BCUT2D eigenvalue weighted by Crippen LogP contribution is -1.80. The highest BCUT2D eigenvalue weighted by molar-refractivity contribution is 7.98. The molecule has 0 fully saturated rings. The molecule has 0 spiro atoms. The number of nitrogens with zero attached hydrogens (tertiary/aromatic N) is 2. The summed E-state index contributed by atoms with van der Waals surface area (Å²) in [6.45, 7) is 0. The molecule has 0 atom stereocenters. The molecule has 0 unspecified atom stereocenters. The summed E-state index contributed by atoms with van der Waals surface area (Å²) in [6, 6.07) is 21.1. The van der Waals surface area contributed by atoms with Crippen molar-refractivity contribution in [2.45, 2.75) is 10.6 Å². The maximum absolute atomic E-state index is 4.63. The zero-order valence-electron chi connectivity index (χ0n) is 11.4. The van der Waals surface area contributed by atoms with Crippen molar-refractivity contribution in [2.75, 3.05) is 0 Å². The number of hydrogen-bond acceptors (Lipinski definition) is 2. The third-order valence-electron chi connectivity index (χ3n) is 3.52. The molecular weight excluding hydrogens is 276 g/mol. The van der Waals surface area contributed by atoms with Crippen LogP contribution in [0.15, 0.2) is 78.0 Å². The molecule has 0 saturated heterocycles. The number of rotatable bonds is 3. The van der Waals surface area contributed by atoms with Crippen LogP contribution in [0.4, 0.5) is 0 Å². The summed E-state index contributed by atoms with van der Waals surface area (Å²) in [5, 5.41) is 2.58. The fourth-order valence-electron chi connectivity index (χ4n) is 2.47. The molecule has 2 aromatic heterocycles. The summed E-state index contributed by atoms with van der Waals surface area (Å²) in [5.41, 5.74) is 2.12. The first-order chi connectivity index (χ1) is 10.4. The van der Waals surface area contributed by atoms with Crippen molar-refractivity contribution < 1.29 is 0 Å². The first kappa shape index (κ1) is 12.5. The van der Waals surface area contributed by atoms with Gasteiger partial charge in [0.2, 0.25) is 0 Å². The van der Waals surface area contributed by atoms with Gasteiger partial charge >= 0.3 is 0 Å². The van der Waals surface area contributed by atoms with Gasteiger partial charge < -0.3 is 4.40 Å². The lowest BCUT2D eigenvalue weighted by Gasteiger charge is -2.02. The Balaban J connectivity index is 1.57. The van der Waals surface area contributed by atoms with E-state index in [1.54, 1.807) is 0 Å². The number of hydrogen-bond donors (Lipinski definition) is 0. The van der Waals surface area contributed by atoms with Crippen molar-refractivity contribution in [3.63, 3.8) is 0 Å². The molecule has 102 valence electrons. The molecule has 0 aliphatic rings. The van der Waals surface area contributed by atoms with E-state index in [1.807, 2.05) is 36.2 Å². The average Bonchev–Trinajstić information content (AvgIpc) is 2.95. The van der Waals surface area contributed by atoms with Gasteiger partial charge in [-0.3, -0.25) is 0 Å². The average molecular weight is 290 g/mol. The molecule has 0 bridgehead atoms. The summed E-state index contributed by atoms with van der Waals surface area (Å²) in [6.07, 6.45) is 4.13. The number of thioether (sulfide) groups is 1. The first-order valence-electron chi connectivity index (χ1n) is 6.93. The molecule has 0 amide bonds. The van der Waals surface area contributed by atoms with E-state index in [-0.39, 0.29) is 0 Å². The number of pyridine rings is 1. The van der Waals surface area contributed by atoms with E-state index in [4.69, 9.17) is 0 Å². The molecule has 2 heterocycles. The molecular formula is C18H14N2S. The lowest BCUT2D eigenvalue weighted by atomic mass is 10.1. The Morgan fingerprint density at radius 2 is 1.76 bits per heavy atom. The molecule has 0 saturated carbocycles. The molecule has 2 aromatic carbocycles. The second-order valence-electron chi connectivity index (χ2n) is 5.00. The molecule has 0 aliphatic carbocycles. The van der Waals surface area contributed by atoms with Gasteiger partial charge in [0, 0.05) is 23.0 Å². The topological polar surface area (TPSA) is 17.3 Å². The highest BCUT2D eigenvalue weighted by Gasteiger charge is 2.03. The van der Waals surface area contributed by atoms with Gasteiger partial charge in [0.05, 0.1) is 5.69 Å². The van der Waals surface area contributed by atoms with E-state index in [2.05, 4.69) is 58.0 Å². The summed E-state index contributed by atoms with van der Waals surface area (Å²) in [4.78, 5) is 5.92. The molecule has 4 aromatic rings. The van der Waals surface area contributed by atoms with Crippen LogP contribution in [0, 0.1) is 0 Å². The summed E-state index contributed by atoms with van der Waals surface area (Å²) in [7, 11) is 0. The van der Waals surface area contributed by atoms with E-state index in [0.29, 0.717) is 0 Å². The van der Waals surface area contributed by atoms with Crippen LogP contribution < -0.4 is 0 Å². The Morgan fingerprint density at radius 1 is 0.905 bits per heavy atom. The number of imidazole rings is 1. The summed E-state index contributed by atoms with van der Waals surface area (Å²) in [5.74, 6) is 0.889. The van der Waals surface area contributed by atoms with Gasteiger partial charge in [-0.15, -0.1) is 11.8 Å². The fourth-order valence-corrected chi connectivity index (χ4v) is 3.30. The predicted octanol–water partition coefficient (Wildman–Crippen LogP) is 4.78. The molecule has 21 heavy (non-hydrogen) atoms. The van der Waals surface area contributed by atoms with E-state index in [0.717, 1.165) is 17.1 Å².